The van der Waals surface area contributed by atoms with Gasteiger partial charge in [-0.25, -0.2) is 4.98 Å². The Labute approximate surface area is 115 Å². The molecule has 0 bridgehead atoms. The van der Waals surface area contributed by atoms with Crippen molar-refractivity contribution < 1.29 is 0 Å². The summed E-state index contributed by atoms with van der Waals surface area (Å²) >= 11 is 13.6. The van der Waals surface area contributed by atoms with Crippen LogP contribution in [0.4, 0.5) is 0 Å². The van der Waals surface area contributed by atoms with E-state index in [1.165, 1.54) is 4.88 Å². The number of nitrogens with zero attached hydrogens (tertiary/aromatic N) is 1. The van der Waals surface area contributed by atoms with Crippen LogP contribution < -0.4 is 5.32 Å². The lowest BCUT2D eigenvalue weighted by Gasteiger charge is -2.05. The van der Waals surface area contributed by atoms with Gasteiger partial charge in [-0.1, -0.05) is 29.3 Å². The summed E-state index contributed by atoms with van der Waals surface area (Å²) in [6.45, 7) is 3.53. The summed E-state index contributed by atoms with van der Waals surface area (Å²) < 4.78 is 0. The predicted octanol–water partition coefficient (Wildman–Crippen LogP) is 4.05. The Hall–Kier alpha value is -0.610. The first-order chi connectivity index (χ1) is 8.15. The van der Waals surface area contributed by atoms with E-state index in [2.05, 4.69) is 17.2 Å². The quantitative estimate of drug-likeness (QED) is 0.917. The third-order valence-corrected chi connectivity index (χ3v) is 3.78. The number of hydrogen-bond acceptors (Lipinski definition) is 3. The van der Waals surface area contributed by atoms with Crippen LogP contribution in [0.1, 0.15) is 15.4 Å². The van der Waals surface area contributed by atoms with Gasteiger partial charge in [-0.05, 0) is 24.6 Å². The Morgan fingerprint density at radius 3 is 2.76 bits per heavy atom. The summed E-state index contributed by atoms with van der Waals surface area (Å²) in [7, 11) is 0. The summed E-state index contributed by atoms with van der Waals surface area (Å²) in [5, 5.41) is 5.76. The second-order valence-electron chi connectivity index (χ2n) is 3.70. The molecule has 0 unspecified atom stereocenters. The van der Waals surface area contributed by atoms with Gasteiger partial charge in [-0.3, -0.25) is 0 Å². The van der Waals surface area contributed by atoms with Gasteiger partial charge in [-0.2, -0.15) is 0 Å². The molecule has 0 fully saturated rings. The van der Waals surface area contributed by atoms with E-state index < -0.39 is 0 Å². The number of hydrogen-bond donors (Lipinski definition) is 1. The highest BCUT2D eigenvalue weighted by atomic mass is 35.5. The van der Waals surface area contributed by atoms with Gasteiger partial charge in [0.15, 0.2) is 0 Å². The number of aryl methyl sites for hydroxylation is 1. The number of nitrogens with one attached hydrogen (secondary N) is 1. The van der Waals surface area contributed by atoms with Gasteiger partial charge >= 0.3 is 0 Å². The first kappa shape index (κ1) is 12.8. The highest BCUT2D eigenvalue weighted by Crippen LogP contribution is 2.21. The van der Waals surface area contributed by atoms with Crippen LogP contribution >= 0.6 is 34.5 Å². The highest BCUT2D eigenvalue weighted by Gasteiger charge is 2.02. The maximum absolute atomic E-state index is 6.08. The van der Waals surface area contributed by atoms with E-state index in [-0.39, 0.29) is 0 Å². The van der Waals surface area contributed by atoms with E-state index >= 15 is 0 Å². The molecule has 0 radical (unpaired) electrons. The van der Waals surface area contributed by atoms with E-state index in [9.17, 15) is 0 Å². The molecule has 1 aromatic carbocycles. The number of aromatic nitrogens is 1. The Balaban J connectivity index is 1.90. The zero-order valence-corrected chi connectivity index (χ0v) is 11.7. The van der Waals surface area contributed by atoms with Crippen molar-refractivity contribution in [3.05, 3.63) is 49.9 Å². The van der Waals surface area contributed by atoms with Crippen LogP contribution in [0, 0.1) is 6.92 Å². The molecule has 0 aliphatic carbocycles. The fraction of sp³-hybridized carbons (Fsp3) is 0.250. The van der Waals surface area contributed by atoms with Crippen molar-refractivity contribution in [2.75, 3.05) is 0 Å². The maximum Gasteiger partial charge on any atom is 0.107 e. The molecule has 0 atom stereocenters. The fourth-order valence-corrected chi connectivity index (χ4v) is 2.68. The molecule has 0 aliphatic heterocycles. The number of benzene rings is 1. The van der Waals surface area contributed by atoms with Crippen LogP contribution in [0.3, 0.4) is 0 Å². The van der Waals surface area contributed by atoms with Crippen molar-refractivity contribution in [1.29, 1.82) is 0 Å². The summed E-state index contributed by atoms with van der Waals surface area (Å²) in [5.74, 6) is 0. The van der Waals surface area contributed by atoms with Crippen LogP contribution in [0.5, 0.6) is 0 Å². The fourth-order valence-electron chi connectivity index (χ4n) is 1.45. The van der Waals surface area contributed by atoms with Gasteiger partial charge in [0.2, 0.25) is 0 Å². The van der Waals surface area contributed by atoms with Crippen LogP contribution in [0.2, 0.25) is 10.0 Å². The SMILES string of the molecule is Cc1cnc(CNCc2ccc(Cl)cc2Cl)s1. The van der Waals surface area contributed by atoms with Crippen molar-refractivity contribution in [3.63, 3.8) is 0 Å². The lowest BCUT2D eigenvalue weighted by atomic mass is 10.2. The molecule has 5 heteroatoms. The topological polar surface area (TPSA) is 24.9 Å². The Kier molecular flexibility index (Phi) is 4.40. The standard InChI is InChI=1S/C12H12Cl2N2S/c1-8-5-16-12(17-8)7-15-6-9-2-3-10(13)4-11(9)14/h2-5,15H,6-7H2,1H3. The van der Waals surface area contributed by atoms with Crippen LogP contribution in [-0.4, -0.2) is 4.98 Å². The molecule has 90 valence electrons. The van der Waals surface area contributed by atoms with Crippen molar-refractivity contribution in [3.8, 4) is 0 Å². The Morgan fingerprint density at radius 2 is 2.12 bits per heavy atom. The van der Waals surface area contributed by atoms with Crippen molar-refractivity contribution in [2.45, 2.75) is 20.0 Å². The maximum atomic E-state index is 6.08. The second-order valence-corrected chi connectivity index (χ2v) is 5.87. The summed E-state index contributed by atoms with van der Waals surface area (Å²) in [6.07, 6.45) is 1.89. The number of rotatable bonds is 4. The molecular weight excluding hydrogens is 275 g/mol. The van der Waals surface area contributed by atoms with Crippen LogP contribution in [0.15, 0.2) is 24.4 Å². The van der Waals surface area contributed by atoms with E-state index in [1.807, 2.05) is 18.3 Å². The minimum atomic E-state index is 0.661. The lowest BCUT2D eigenvalue weighted by Crippen LogP contribution is -2.12. The van der Waals surface area contributed by atoms with Gasteiger partial charge < -0.3 is 5.32 Å². The van der Waals surface area contributed by atoms with Crippen molar-refractivity contribution in [2.24, 2.45) is 0 Å². The molecule has 2 rings (SSSR count). The summed E-state index contributed by atoms with van der Waals surface area (Å²) in [6, 6.07) is 5.54. The third-order valence-electron chi connectivity index (χ3n) is 2.28. The minimum absolute atomic E-state index is 0.661. The predicted molar refractivity (Wildman–Crippen MR) is 73.9 cm³/mol. The zero-order valence-electron chi connectivity index (χ0n) is 9.34. The zero-order chi connectivity index (χ0) is 12.3. The normalized spacial score (nSPS) is 10.8. The highest BCUT2D eigenvalue weighted by molar-refractivity contribution is 7.11. The van der Waals surface area contributed by atoms with E-state index in [4.69, 9.17) is 23.2 Å². The number of thiazole rings is 1. The van der Waals surface area contributed by atoms with E-state index in [0.717, 1.165) is 17.1 Å². The molecule has 0 aliphatic rings. The third kappa shape index (κ3) is 3.68. The molecular formula is C12H12Cl2N2S. The average Bonchev–Trinajstić information content (AvgIpc) is 2.68. The van der Waals surface area contributed by atoms with Gasteiger partial charge in [0.05, 0.1) is 0 Å². The molecule has 1 heterocycles. The molecule has 0 saturated carbocycles. The molecule has 0 spiro atoms. The Morgan fingerprint density at radius 1 is 1.29 bits per heavy atom. The molecule has 0 amide bonds. The van der Waals surface area contributed by atoms with Gasteiger partial charge in [0.25, 0.3) is 0 Å². The summed E-state index contributed by atoms with van der Waals surface area (Å²) in [4.78, 5) is 5.51. The van der Waals surface area contributed by atoms with E-state index in [1.54, 1.807) is 17.4 Å². The molecule has 0 saturated heterocycles. The smallest absolute Gasteiger partial charge is 0.107 e. The molecule has 2 nitrogen and oxygen atoms in total. The number of halogens is 2. The minimum Gasteiger partial charge on any atom is -0.306 e. The van der Waals surface area contributed by atoms with Crippen LogP contribution in [0.25, 0.3) is 0 Å². The van der Waals surface area contributed by atoms with Crippen LogP contribution in [-0.2, 0) is 13.1 Å². The lowest BCUT2D eigenvalue weighted by molar-refractivity contribution is 0.690. The Bertz CT molecular complexity index is 511. The second kappa shape index (κ2) is 5.83. The largest absolute Gasteiger partial charge is 0.306 e. The van der Waals surface area contributed by atoms with Crippen molar-refractivity contribution in [1.82, 2.24) is 10.3 Å². The van der Waals surface area contributed by atoms with Gasteiger partial charge in [0, 0.05) is 34.2 Å². The summed E-state index contributed by atoms with van der Waals surface area (Å²) in [5.41, 5.74) is 1.05. The molecule has 2 aromatic rings. The first-order valence-electron chi connectivity index (χ1n) is 5.21. The van der Waals surface area contributed by atoms with Crippen molar-refractivity contribution >= 4 is 34.5 Å². The van der Waals surface area contributed by atoms with Gasteiger partial charge in [0.1, 0.15) is 5.01 Å². The molecule has 1 aromatic heterocycles. The molecule has 17 heavy (non-hydrogen) atoms. The van der Waals surface area contributed by atoms with E-state index in [0.29, 0.717) is 16.6 Å². The molecule has 1 N–H and O–H groups in total. The monoisotopic (exact) mass is 286 g/mol. The first-order valence-corrected chi connectivity index (χ1v) is 6.78. The van der Waals surface area contributed by atoms with Gasteiger partial charge in [-0.15, -0.1) is 11.3 Å². The average molecular weight is 287 g/mol.